The molecule has 0 aliphatic heterocycles. The summed E-state index contributed by atoms with van der Waals surface area (Å²) in [4.78, 5) is 25.0. The summed E-state index contributed by atoms with van der Waals surface area (Å²) in [6, 6.07) is 17.0. The van der Waals surface area contributed by atoms with Crippen LogP contribution in [0.25, 0.3) is 0 Å². The lowest BCUT2D eigenvalue weighted by Crippen LogP contribution is -2.45. The minimum Gasteiger partial charge on any atom is -0.494 e. The molecule has 0 saturated carbocycles. The molecule has 0 aliphatic carbocycles. The van der Waals surface area contributed by atoms with Gasteiger partial charge in [0, 0.05) is 12.2 Å². The number of carbonyl (C=O) groups is 2. The first-order valence-electron chi connectivity index (χ1n) is 8.80. The van der Waals surface area contributed by atoms with E-state index in [1.165, 1.54) is 0 Å². The van der Waals surface area contributed by atoms with E-state index in [-0.39, 0.29) is 11.8 Å². The Balaban J connectivity index is 1.88. The molecule has 0 unspecified atom stereocenters. The maximum Gasteiger partial charge on any atom is 0.239 e. The molecular weight excluding hydrogens is 328 g/mol. The largest absolute Gasteiger partial charge is 0.494 e. The number of benzene rings is 2. The van der Waals surface area contributed by atoms with Gasteiger partial charge in [0.2, 0.25) is 11.8 Å². The average Bonchev–Trinajstić information content (AvgIpc) is 2.64. The van der Waals surface area contributed by atoms with Crippen LogP contribution in [-0.4, -0.2) is 25.0 Å². The number of nitrogens with one attached hydrogen (secondary N) is 2. The summed E-state index contributed by atoms with van der Waals surface area (Å²) in [7, 11) is 0. The fraction of sp³-hybridized carbons (Fsp3) is 0.333. The van der Waals surface area contributed by atoms with Gasteiger partial charge >= 0.3 is 0 Å². The molecule has 26 heavy (non-hydrogen) atoms. The molecule has 2 rings (SSSR count). The third-order valence-electron chi connectivity index (χ3n) is 4.10. The fourth-order valence-corrected chi connectivity index (χ4v) is 2.38. The van der Waals surface area contributed by atoms with Gasteiger partial charge in [0.05, 0.1) is 6.61 Å². The number of carbonyl (C=O) groups excluding carboxylic acids is 2. The summed E-state index contributed by atoms with van der Waals surface area (Å²) < 4.78 is 5.38. The van der Waals surface area contributed by atoms with Crippen molar-refractivity contribution in [2.24, 2.45) is 5.41 Å². The van der Waals surface area contributed by atoms with Gasteiger partial charge in [-0.25, -0.2) is 0 Å². The second-order valence-electron chi connectivity index (χ2n) is 6.53. The van der Waals surface area contributed by atoms with Gasteiger partial charge in [0.15, 0.2) is 0 Å². The Hall–Kier alpha value is -2.82. The SMILES string of the molecule is CCOc1ccc(NC(=O)C(C)(C)C(=O)NCCc2ccccc2)cc1. The van der Waals surface area contributed by atoms with Crippen molar-refractivity contribution in [3.8, 4) is 5.75 Å². The van der Waals surface area contributed by atoms with Crippen molar-refractivity contribution in [1.82, 2.24) is 5.32 Å². The Morgan fingerprint density at radius 1 is 0.962 bits per heavy atom. The van der Waals surface area contributed by atoms with Crippen LogP contribution in [0.3, 0.4) is 0 Å². The zero-order chi connectivity index (χ0) is 19.0. The molecule has 0 fully saturated rings. The van der Waals surface area contributed by atoms with E-state index in [9.17, 15) is 9.59 Å². The quantitative estimate of drug-likeness (QED) is 0.714. The van der Waals surface area contributed by atoms with Crippen molar-refractivity contribution < 1.29 is 14.3 Å². The second-order valence-corrected chi connectivity index (χ2v) is 6.53. The van der Waals surface area contributed by atoms with Crippen LogP contribution >= 0.6 is 0 Å². The van der Waals surface area contributed by atoms with Gasteiger partial charge in [-0.1, -0.05) is 30.3 Å². The maximum atomic E-state index is 12.5. The van der Waals surface area contributed by atoms with E-state index in [1.807, 2.05) is 37.3 Å². The first-order valence-corrected chi connectivity index (χ1v) is 8.80. The number of ether oxygens (including phenoxy) is 1. The van der Waals surface area contributed by atoms with Crippen molar-refractivity contribution in [1.29, 1.82) is 0 Å². The molecule has 0 aromatic heterocycles. The number of rotatable bonds is 8. The normalized spacial score (nSPS) is 10.9. The van der Waals surface area contributed by atoms with Crippen LogP contribution in [0.2, 0.25) is 0 Å². The Kier molecular flexibility index (Phi) is 6.78. The Bertz CT molecular complexity index is 725. The highest BCUT2D eigenvalue weighted by molar-refractivity contribution is 6.09. The van der Waals surface area contributed by atoms with E-state index >= 15 is 0 Å². The summed E-state index contributed by atoms with van der Waals surface area (Å²) in [6.07, 6.45) is 0.725. The van der Waals surface area contributed by atoms with Crippen LogP contribution in [0.5, 0.6) is 5.75 Å². The molecular formula is C21H26N2O3. The molecule has 2 N–H and O–H groups in total. The molecule has 0 atom stereocenters. The maximum absolute atomic E-state index is 12.5. The highest BCUT2D eigenvalue weighted by atomic mass is 16.5. The van der Waals surface area contributed by atoms with Crippen LogP contribution in [0.4, 0.5) is 5.69 Å². The van der Waals surface area contributed by atoms with Gasteiger partial charge in [-0.3, -0.25) is 9.59 Å². The molecule has 138 valence electrons. The molecule has 2 aromatic rings. The van der Waals surface area contributed by atoms with Crippen LogP contribution in [0.1, 0.15) is 26.3 Å². The van der Waals surface area contributed by atoms with Crippen LogP contribution in [0.15, 0.2) is 54.6 Å². The van der Waals surface area contributed by atoms with Gasteiger partial charge in [-0.2, -0.15) is 0 Å². The Labute approximate surface area is 154 Å². The van der Waals surface area contributed by atoms with Gasteiger partial charge in [-0.15, -0.1) is 0 Å². The lowest BCUT2D eigenvalue weighted by atomic mass is 9.91. The molecule has 0 heterocycles. The molecule has 0 spiro atoms. The molecule has 0 radical (unpaired) electrons. The predicted octanol–water partition coefficient (Wildman–Crippen LogP) is 3.41. The van der Waals surface area contributed by atoms with E-state index in [1.54, 1.807) is 38.1 Å². The first-order chi connectivity index (χ1) is 12.4. The zero-order valence-electron chi connectivity index (χ0n) is 15.5. The fourth-order valence-electron chi connectivity index (χ4n) is 2.38. The smallest absolute Gasteiger partial charge is 0.239 e. The van der Waals surface area contributed by atoms with Crippen LogP contribution in [-0.2, 0) is 16.0 Å². The minimum atomic E-state index is -1.17. The standard InChI is InChI=1S/C21H26N2O3/c1-4-26-18-12-10-17(11-13-18)23-20(25)21(2,3)19(24)22-15-14-16-8-6-5-7-9-16/h5-13H,4,14-15H2,1-3H3,(H,22,24)(H,23,25). The lowest BCUT2D eigenvalue weighted by molar-refractivity contribution is -0.138. The van der Waals surface area contributed by atoms with Crippen molar-refractivity contribution in [3.05, 3.63) is 60.2 Å². The summed E-state index contributed by atoms with van der Waals surface area (Å²) in [5, 5.41) is 5.63. The number of amides is 2. The topological polar surface area (TPSA) is 67.4 Å². The molecule has 0 bridgehead atoms. The van der Waals surface area contributed by atoms with Gasteiger partial charge < -0.3 is 15.4 Å². The third kappa shape index (κ3) is 5.34. The van der Waals surface area contributed by atoms with Gasteiger partial charge in [0.25, 0.3) is 0 Å². The summed E-state index contributed by atoms with van der Waals surface area (Å²) in [5.41, 5.74) is 0.600. The van der Waals surface area contributed by atoms with Crippen molar-refractivity contribution in [2.75, 3.05) is 18.5 Å². The molecule has 2 aromatic carbocycles. The molecule has 0 aliphatic rings. The summed E-state index contributed by atoms with van der Waals surface area (Å²) in [6.45, 7) is 6.22. The molecule has 5 heteroatoms. The molecule has 2 amide bonds. The van der Waals surface area contributed by atoms with E-state index in [2.05, 4.69) is 10.6 Å². The van der Waals surface area contributed by atoms with Gasteiger partial charge in [-0.05, 0) is 57.0 Å². The van der Waals surface area contributed by atoms with E-state index in [4.69, 9.17) is 4.74 Å². The van der Waals surface area contributed by atoms with E-state index in [0.29, 0.717) is 18.8 Å². The average molecular weight is 354 g/mol. The summed E-state index contributed by atoms with van der Waals surface area (Å²) in [5.74, 6) is 0.0964. The van der Waals surface area contributed by atoms with Crippen molar-refractivity contribution in [2.45, 2.75) is 27.2 Å². The summed E-state index contributed by atoms with van der Waals surface area (Å²) >= 11 is 0. The number of hydrogen-bond acceptors (Lipinski definition) is 3. The predicted molar refractivity (Wildman–Crippen MR) is 103 cm³/mol. The van der Waals surface area contributed by atoms with Crippen molar-refractivity contribution >= 4 is 17.5 Å². The third-order valence-corrected chi connectivity index (χ3v) is 4.10. The second kappa shape index (κ2) is 9.04. The van der Waals surface area contributed by atoms with Crippen molar-refractivity contribution in [3.63, 3.8) is 0 Å². The Morgan fingerprint density at radius 3 is 2.23 bits per heavy atom. The lowest BCUT2D eigenvalue weighted by Gasteiger charge is -2.23. The number of anilines is 1. The molecule has 0 saturated heterocycles. The van der Waals surface area contributed by atoms with E-state index in [0.717, 1.165) is 17.7 Å². The molecule has 5 nitrogen and oxygen atoms in total. The van der Waals surface area contributed by atoms with Crippen LogP contribution in [0, 0.1) is 5.41 Å². The van der Waals surface area contributed by atoms with E-state index < -0.39 is 5.41 Å². The number of hydrogen-bond donors (Lipinski definition) is 2. The highest BCUT2D eigenvalue weighted by Crippen LogP contribution is 2.21. The highest BCUT2D eigenvalue weighted by Gasteiger charge is 2.35. The minimum absolute atomic E-state index is 0.295. The monoisotopic (exact) mass is 354 g/mol. The first kappa shape index (κ1) is 19.5. The van der Waals surface area contributed by atoms with Gasteiger partial charge in [0.1, 0.15) is 11.2 Å². The zero-order valence-corrected chi connectivity index (χ0v) is 15.5. The Morgan fingerprint density at radius 2 is 1.62 bits per heavy atom. The van der Waals surface area contributed by atoms with Crippen LogP contribution < -0.4 is 15.4 Å².